The lowest BCUT2D eigenvalue weighted by molar-refractivity contribution is 0.0704. The van der Waals surface area contributed by atoms with Crippen LogP contribution in [0, 0.1) is 0 Å². The second-order valence-corrected chi connectivity index (χ2v) is 8.17. The molecule has 3 heterocycles. The number of carbonyl (C=O) groups excluding carboxylic acids is 2. The van der Waals surface area contributed by atoms with Crippen LogP contribution in [0.3, 0.4) is 0 Å². The third-order valence-electron chi connectivity index (χ3n) is 4.50. The van der Waals surface area contributed by atoms with E-state index < -0.39 is 0 Å². The van der Waals surface area contributed by atoms with Gasteiger partial charge in [0.15, 0.2) is 16.3 Å². The number of amides is 3. The number of thiazole rings is 1. The minimum absolute atomic E-state index is 0.0225. The van der Waals surface area contributed by atoms with Crippen LogP contribution in [0.25, 0.3) is 11.0 Å². The van der Waals surface area contributed by atoms with E-state index in [4.69, 9.17) is 4.42 Å². The summed E-state index contributed by atoms with van der Waals surface area (Å²) < 4.78 is 5.67. The zero-order chi connectivity index (χ0) is 20.5. The Morgan fingerprint density at radius 3 is 2.86 bits per heavy atom. The third-order valence-corrected chi connectivity index (χ3v) is 5.50. The lowest BCUT2D eigenvalue weighted by Crippen LogP contribution is -2.35. The van der Waals surface area contributed by atoms with Crippen molar-refractivity contribution >= 4 is 39.4 Å². The summed E-state index contributed by atoms with van der Waals surface area (Å²) in [5.41, 5.74) is 1.02. The van der Waals surface area contributed by atoms with Crippen LogP contribution in [0.5, 0.6) is 0 Å². The number of aromatic nitrogens is 1. The Bertz CT molecular complexity index is 1150. The normalized spacial score (nSPS) is 13.4. The van der Waals surface area contributed by atoms with Gasteiger partial charge in [-0.15, -0.1) is 0 Å². The largest absolute Gasteiger partial charge is 0.451 e. The molecule has 0 fully saturated rings. The summed E-state index contributed by atoms with van der Waals surface area (Å²) in [6.07, 6.45) is 0.572. The van der Waals surface area contributed by atoms with Crippen LogP contribution in [-0.4, -0.2) is 34.4 Å². The molecule has 0 atom stereocenters. The van der Waals surface area contributed by atoms with Crippen molar-refractivity contribution in [3.8, 4) is 0 Å². The molecule has 150 valence electrons. The Balaban J connectivity index is 1.52. The van der Waals surface area contributed by atoms with Crippen molar-refractivity contribution in [3.63, 3.8) is 0 Å². The minimum atomic E-state index is -0.334. The van der Waals surface area contributed by atoms with E-state index in [1.807, 2.05) is 13.8 Å². The first-order valence-electron chi connectivity index (χ1n) is 9.29. The summed E-state index contributed by atoms with van der Waals surface area (Å²) in [4.78, 5) is 44.1. The third kappa shape index (κ3) is 4.00. The molecule has 0 unspecified atom stereocenters. The van der Waals surface area contributed by atoms with Gasteiger partial charge in [-0.05, 0) is 26.0 Å². The number of carbonyl (C=O) groups is 2. The van der Waals surface area contributed by atoms with Crippen LogP contribution in [0.15, 0.2) is 39.5 Å². The highest BCUT2D eigenvalue weighted by Crippen LogP contribution is 2.29. The molecule has 0 radical (unpaired) electrons. The number of hydrogen-bond donors (Lipinski definition) is 2. The van der Waals surface area contributed by atoms with Crippen molar-refractivity contribution in [3.05, 3.63) is 56.9 Å². The van der Waals surface area contributed by atoms with E-state index in [0.29, 0.717) is 35.6 Å². The molecule has 4 rings (SSSR count). The van der Waals surface area contributed by atoms with Crippen molar-refractivity contribution in [2.75, 3.05) is 11.9 Å². The fourth-order valence-electron chi connectivity index (χ4n) is 3.18. The first-order chi connectivity index (χ1) is 13.9. The van der Waals surface area contributed by atoms with Gasteiger partial charge in [-0.2, -0.15) is 0 Å². The van der Waals surface area contributed by atoms with Crippen LogP contribution in [-0.2, 0) is 13.0 Å². The van der Waals surface area contributed by atoms with E-state index in [1.165, 1.54) is 17.4 Å². The molecular weight excluding hydrogens is 392 g/mol. The molecule has 3 aromatic rings. The van der Waals surface area contributed by atoms with Crippen molar-refractivity contribution in [2.45, 2.75) is 32.9 Å². The van der Waals surface area contributed by atoms with Crippen LogP contribution < -0.4 is 16.1 Å². The molecule has 3 amide bonds. The van der Waals surface area contributed by atoms with Gasteiger partial charge in [0.05, 0.1) is 17.6 Å². The Hall–Kier alpha value is -3.20. The molecule has 0 saturated heterocycles. The van der Waals surface area contributed by atoms with Crippen LogP contribution >= 0.6 is 11.3 Å². The maximum Gasteiger partial charge on any atom is 0.321 e. The van der Waals surface area contributed by atoms with Gasteiger partial charge in [-0.1, -0.05) is 23.5 Å². The van der Waals surface area contributed by atoms with Gasteiger partial charge in [0, 0.05) is 30.0 Å². The fraction of sp³-hybridized carbons (Fsp3) is 0.300. The second kappa shape index (κ2) is 7.67. The van der Waals surface area contributed by atoms with E-state index in [9.17, 15) is 14.4 Å². The van der Waals surface area contributed by atoms with E-state index >= 15 is 0 Å². The van der Waals surface area contributed by atoms with Crippen LogP contribution in [0.2, 0.25) is 0 Å². The summed E-state index contributed by atoms with van der Waals surface area (Å²) >= 11 is 1.34. The van der Waals surface area contributed by atoms with E-state index in [0.717, 1.165) is 10.6 Å². The van der Waals surface area contributed by atoms with Crippen molar-refractivity contribution in [1.82, 2.24) is 15.2 Å². The van der Waals surface area contributed by atoms with Gasteiger partial charge in [0.25, 0.3) is 5.91 Å². The number of anilines is 1. The van der Waals surface area contributed by atoms with Gasteiger partial charge < -0.3 is 14.6 Å². The summed E-state index contributed by atoms with van der Waals surface area (Å²) in [6.45, 7) is 4.57. The number of benzene rings is 1. The lowest BCUT2D eigenvalue weighted by Gasteiger charge is -2.25. The number of hydrogen-bond acceptors (Lipinski definition) is 6. The van der Waals surface area contributed by atoms with Crippen molar-refractivity contribution < 1.29 is 14.0 Å². The van der Waals surface area contributed by atoms with Gasteiger partial charge in [-0.25, -0.2) is 9.78 Å². The summed E-state index contributed by atoms with van der Waals surface area (Å²) in [7, 11) is 0. The maximum atomic E-state index is 12.9. The first kappa shape index (κ1) is 19.1. The summed E-state index contributed by atoms with van der Waals surface area (Å²) in [5.74, 6) is -0.310. The van der Waals surface area contributed by atoms with Crippen molar-refractivity contribution in [2.24, 2.45) is 0 Å². The number of fused-ring (bicyclic) bond motifs is 2. The van der Waals surface area contributed by atoms with Crippen LogP contribution in [0.4, 0.5) is 9.93 Å². The number of nitrogens with one attached hydrogen (secondary N) is 2. The SMILES string of the molecule is CC(C)NC(=O)Nc1nc2c(s1)CN(C(=O)c1cc(=O)c3ccccc3o1)CC2. The molecule has 0 spiro atoms. The number of rotatable bonds is 3. The van der Waals surface area contributed by atoms with E-state index in [2.05, 4.69) is 15.6 Å². The Kier molecular flexibility index (Phi) is 5.06. The molecular formula is C20H20N4O4S. The van der Waals surface area contributed by atoms with Gasteiger partial charge in [-0.3, -0.25) is 14.9 Å². The average Bonchev–Trinajstić information content (AvgIpc) is 3.07. The topological polar surface area (TPSA) is 105 Å². The van der Waals surface area contributed by atoms with Crippen molar-refractivity contribution in [1.29, 1.82) is 0 Å². The molecule has 1 aliphatic heterocycles. The standard InChI is InChI=1S/C20H20N4O4S/c1-11(2)21-19(27)23-20-22-13-7-8-24(10-17(13)29-20)18(26)16-9-14(25)12-5-3-4-6-15(12)28-16/h3-6,9,11H,7-8,10H2,1-2H3,(H2,21,22,23,27). The quantitative estimate of drug-likeness (QED) is 0.688. The van der Waals surface area contributed by atoms with Crippen LogP contribution in [0.1, 0.15) is 35.0 Å². The lowest BCUT2D eigenvalue weighted by atomic mass is 10.1. The Morgan fingerprint density at radius 1 is 1.28 bits per heavy atom. The van der Waals surface area contributed by atoms with E-state index in [1.54, 1.807) is 29.2 Å². The molecule has 0 saturated carbocycles. The highest BCUT2D eigenvalue weighted by atomic mass is 32.1. The molecule has 2 N–H and O–H groups in total. The maximum absolute atomic E-state index is 12.9. The predicted molar refractivity (Wildman–Crippen MR) is 110 cm³/mol. The summed E-state index contributed by atoms with van der Waals surface area (Å²) in [6, 6.07) is 7.81. The molecule has 9 heteroatoms. The molecule has 29 heavy (non-hydrogen) atoms. The first-order valence-corrected chi connectivity index (χ1v) is 10.1. The number of urea groups is 1. The zero-order valence-corrected chi connectivity index (χ0v) is 16.8. The molecule has 1 aliphatic rings. The molecule has 0 aliphatic carbocycles. The second-order valence-electron chi connectivity index (χ2n) is 7.09. The minimum Gasteiger partial charge on any atom is -0.451 e. The van der Waals surface area contributed by atoms with Gasteiger partial charge in [0.2, 0.25) is 0 Å². The highest BCUT2D eigenvalue weighted by molar-refractivity contribution is 7.15. The number of para-hydroxylation sites is 1. The fourth-order valence-corrected chi connectivity index (χ4v) is 4.20. The molecule has 8 nitrogen and oxygen atoms in total. The Morgan fingerprint density at radius 2 is 2.07 bits per heavy atom. The average molecular weight is 412 g/mol. The highest BCUT2D eigenvalue weighted by Gasteiger charge is 2.27. The van der Waals surface area contributed by atoms with Gasteiger partial charge >= 0.3 is 6.03 Å². The Labute approximate surface area is 170 Å². The molecule has 2 aromatic heterocycles. The smallest absolute Gasteiger partial charge is 0.321 e. The molecule has 1 aromatic carbocycles. The zero-order valence-electron chi connectivity index (χ0n) is 16.0. The number of nitrogens with zero attached hydrogens (tertiary/aromatic N) is 2. The predicted octanol–water partition coefficient (Wildman–Crippen LogP) is 2.98. The summed E-state index contributed by atoms with van der Waals surface area (Å²) in [5, 5.41) is 6.42. The van der Waals surface area contributed by atoms with E-state index in [-0.39, 0.29) is 29.2 Å². The molecule has 0 bridgehead atoms. The van der Waals surface area contributed by atoms with Gasteiger partial charge in [0.1, 0.15) is 5.58 Å². The monoisotopic (exact) mass is 412 g/mol.